The minimum absolute atomic E-state index is 0.0490. The van der Waals surface area contributed by atoms with Crippen LogP contribution in [0.25, 0.3) is 0 Å². The van der Waals surface area contributed by atoms with Crippen LogP contribution in [0.2, 0.25) is 0 Å². The fourth-order valence-corrected chi connectivity index (χ4v) is 3.70. The summed E-state index contributed by atoms with van der Waals surface area (Å²) < 4.78 is 21.0. The highest BCUT2D eigenvalue weighted by atomic mass is 19.1. The Morgan fingerprint density at radius 1 is 1.16 bits per heavy atom. The van der Waals surface area contributed by atoms with Crippen molar-refractivity contribution in [3.8, 4) is 0 Å². The number of carbonyl (C=O) groups is 2. The van der Waals surface area contributed by atoms with E-state index < -0.39 is 23.5 Å². The van der Waals surface area contributed by atoms with Crippen molar-refractivity contribution in [2.24, 2.45) is 7.05 Å². The van der Waals surface area contributed by atoms with E-state index >= 15 is 0 Å². The number of rotatable bonds is 6. The number of imidazole rings is 1. The van der Waals surface area contributed by atoms with Crippen molar-refractivity contribution >= 4 is 23.6 Å². The molecule has 2 amide bonds. The molecule has 2 aliphatic rings. The molecule has 2 fully saturated rings. The molecule has 2 aromatic heterocycles. The first-order valence-electron chi connectivity index (χ1n) is 10.8. The van der Waals surface area contributed by atoms with E-state index in [1.165, 1.54) is 6.07 Å². The van der Waals surface area contributed by atoms with Crippen LogP contribution in [0.3, 0.4) is 0 Å². The minimum Gasteiger partial charge on any atom is -0.444 e. The van der Waals surface area contributed by atoms with Crippen molar-refractivity contribution in [3.05, 3.63) is 35.7 Å². The molecular weight excluding hydrogens is 415 g/mol. The molecule has 2 heterocycles. The van der Waals surface area contributed by atoms with Gasteiger partial charge in [0.2, 0.25) is 5.95 Å². The van der Waals surface area contributed by atoms with Crippen LogP contribution in [0.1, 0.15) is 68.6 Å². The summed E-state index contributed by atoms with van der Waals surface area (Å²) in [5, 5.41) is 8.71. The summed E-state index contributed by atoms with van der Waals surface area (Å²) in [6.07, 6.45) is 4.76. The lowest BCUT2D eigenvalue weighted by Crippen LogP contribution is -2.51. The first-order chi connectivity index (χ1) is 15.1. The number of alkyl carbamates (subject to hydrolysis) is 1. The van der Waals surface area contributed by atoms with Gasteiger partial charge in [0.25, 0.3) is 5.91 Å². The lowest BCUT2D eigenvalue weighted by Gasteiger charge is -2.37. The van der Waals surface area contributed by atoms with Gasteiger partial charge in [0, 0.05) is 31.2 Å². The molecule has 0 aromatic carbocycles. The highest BCUT2D eigenvalue weighted by molar-refractivity contribution is 6.07. The quantitative estimate of drug-likeness (QED) is 0.588. The maximum atomic E-state index is 13.8. The van der Waals surface area contributed by atoms with Crippen LogP contribution in [0.15, 0.2) is 18.3 Å². The summed E-state index contributed by atoms with van der Waals surface area (Å²) in [6.45, 7) is 5.41. The highest BCUT2D eigenvalue weighted by Gasteiger charge is 2.33. The molecule has 172 valence electrons. The van der Waals surface area contributed by atoms with Gasteiger partial charge in [0.05, 0.1) is 5.56 Å². The zero-order chi connectivity index (χ0) is 23.0. The first-order valence-corrected chi connectivity index (χ1v) is 10.8. The van der Waals surface area contributed by atoms with Gasteiger partial charge >= 0.3 is 6.09 Å². The van der Waals surface area contributed by atoms with Gasteiger partial charge in [-0.05, 0) is 58.6 Å². The molecule has 0 atom stereocenters. The Kier molecular flexibility index (Phi) is 5.79. The fourth-order valence-electron chi connectivity index (χ4n) is 3.70. The monoisotopic (exact) mass is 444 g/mol. The number of hydrogen-bond acceptors (Lipinski definition) is 6. The molecule has 0 radical (unpaired) electrons. The van der Waals surface area contributed by atoms with Gasteiger partial charge in [0.1, 0.15) is 17.2 Å². The average Bonchev–Trinajstić information content (AvgIpc) is 3.41. The molecule has 10 heteroatoms. The largest absolute Gasteiger partial charge is 0.444 e. The predicted molar refractivity (Wildman–Crippen MR) is 117 cm³/mol. The van der Waals surface area contributed by atoms with E-state index in [0.717, 1.165) is 24.7 Å². The number of aryl methyl sites for hydroxylation is 1. The Morgan fingerprint density at radius 3 is 2.53 bits per heavy atom. The van der Waals surface area contributed by atoms with Crippen LogP contribution in [-0.2, 0) is 11.8 Å². The highest BCUT2D eigenvalue weighted by Crippen LogP contribution is 2.39. The standard InChI is InChI=1S/C22H29FN6O3/c1-22(2,3)32-21(31)25-14-9-13(10-14)24-18-15(7-8-16(23)26-18)20(30)28-17-11-29(4)19(27-17)12-5-6-12/h7-8,11-14H,5-6,9-10H2,1-4H3,(H,24,26)(H,25,31)(H,28,30). The number of nitrogens with one attached hydrogen (secondary N) is 3. The van der Waals surface area contributed by atoms with Crippen LogP contribution in [0, 0.1) is 5.95 Å². The number of amides is 2. The minimum atomic E-state index is -0.680. The average molecular weight is 445 g/mol. The predicted octanol–water partition coefficient (Wildman–Crippen LogP) is 3.55. The van der Waals surface area contributed by atoms with Gasteiger partial charge in [-0.2, -0.15) is 4.39 Å². The van der Waals surface area contributed by atoms with Gasteiger partial charge in [-0.3, -0.25) is 4.79 Å². The Hall–Kier alpha value is -3.17. The molecule has 2 saturated carbocycles. The van der Waals surface area contributed by atoms with E-state index in [1.54, 1.807) is 27.0 Å². The number of nitrogens with zero attached hydrogens (tertiary/aromatic N) is 3. The van der Waals surface area contributed by atoms with E-state index in [4.69, 9.17) is 4.74 Å². The summed E-state index contributed by atoms with van der Waals surface area (Å²) in [5.41, 5.74) is -0.333. The van der Waals surface area contributed by atoms with E-state index in [1.807, 2.05) is 11.6 Å². The summed E-state index contributed by atoms with van der Waals surface area (Å²) in [7, 11) is 1.90. The van der Waals surface area contributed by atoms with Crippen molar-refractivity contribution in [1.82, 2.24) is 19.9 Å². The van der Waals surface area contributed by atoms with Crippen LogP contribution >= 0.6 is 0 Å². The number of hydrogen-bond donors (Lipinski definition) is 3. The van der Waals surface area contributed by atoms with E-state index in [0.29, 0.717) is 24.6 Å². The Balaban J connectivity index is 1.36. The molecule has 4 rings (SSSR count). The second kappa shape index (κ2) is 8.40. The summed E-state index contributed by atoms with van der Waals surface area (Å²) in [4.78, 5) is 33.1. The maximum absolute atomic E-state index is 13.8. The molecule has 9 nitrogen and oxygen atoms in total. The third kappa shape index (κ3) is 5.35. The Morgan fingerprint density at radius 2 is 1.88 bits per heavy atom. The number of anilines is 2. The number of aromatic nitrogens is 3. The van der Waals surface area contributed by atoms with Crippen molar-refractivity contribution in [3.63, 3.8) is 0 Å². The van der Waals surface area contributed by atoms with Crippen LogP contribution in [0.4, 0.5) is 20.8 Å². The lowest BCUT2D eigenvalue weighted by molar-refractivity contribution is 0.0475. The Bertz CT molecular complexity index is 1020. The molecular formula is C22H29FN6O3. The zero-order valence-electron chi connectivity index (χ0n) is 18.7. The van der Waals surface area contributed by atoms with E-state index in [-0.39, 0.29) is 23.5 Å². The van der Waals surface area contributed by atoms with Crippen LogP contribution in [0.5, 0.6) is 0 Å². The zero-order valence-corrected chi connectivity index (χ0v) is 18.7. The van der Waals surface area contributed by atoms with Crippen LogP contribution < -0.4 is 16.0 Å². The van der Waals surface area contributed by atoms with Crippen molar-refractivity contribution < 1.29 is 18.7 Å². The molecule has 2 aliphatic carbocycles. The van der Waals surface area contributed by atoms with Gasteiger partial charge in [-0.1, -0.05) is 0 Å². The molecule has 0 unspecified atom stereocenters. The van der Waals surface area contributed by atoms with Crippen molar-refractivity contribution in [2.45, 2.75) is 70.1 Å². The summed E-state index contributed by atoms with van der Waals surface area (Å²) >= 11 is 0. The van der Waals surface area contributed by atoms with Crippen LogP contribution in [-0.4, -0.2) is 44.2 Å². The Labute approximate surface area is 186 Å². The van der Waals surface area contributed by atoms with Crippen molar-refractivity contribution in [1.29, 1.82) is 0 Å². The molecule has 0 aliphatic heterocycles. The molecule has 0 saturated heterocycles. The lowest BCUT2D eigenvalue weighted by atomic mass is 9.86. The molecule has 2 aromatic rings. The SMILES string of the molecule is Cn1cc(NC(=O)c2ccc(F)nc2NC2CC(NC(=O)OC(C)(C)C)C2)nc1C1CC1. The first kappa shape index (κ1) is 22.0. The smallest absolute Gasteiger partial charge is 0.407 e. The van der Waals surface area contributed by atoms with Crippen molar-refractivity contribution in [2.75, 3.05) is 10.6 Å². The third-order valence-corrected chi connectivity index (χ3v) is 5.40. The summed E-state index contributed by atoms with van der Waals surface area (Å²) in [6, 6.07) is 2.45. The second-order valence-electron chi connectivity index (χ2n) is 9.51. The van der Waals surface area contributed by atoms with E-state index in [9.17, 15) is 14.0 Å². The van der Waals surface area contributed by atoms with Gasteiger partial charge in [0.15, 0.2) is 5.82 Å². The number of halogens is 1. The number of ether oxygens (including phenoxy) is 1. The molecule has 32 heavy (non-hydrogen) atoms. The fraction of sp³-hybridized carbons (Fsp3) is 0.545. The van der Waals surface area contributed by atoms with Gasteiger partial charge < -0.3 is 25.3 Å². The summed E-state index contributed by atoms with van der Waals surface area (Å²) in [5.74, 6) is 0.940. The van der Waals surface area contributed by atoms with Gasteiger partial charge in [-0.15, -0.1) is 0 Å². The number of carbonyl (C=O) groups excluding carboxylic acids is 2. The molecule has 0 spiro atoms. The molecule has 3 N–H and O–H groups in total. The topological polar surface area (TPSA) is 110 Å². The molecule has 0 bridgehead atoms. The van der Waals surface area contributed by atoms with Gasteiger partial charge in [-0.25, -0.2) is 14.8 Å². The van der Waals surface area contributed by atoms with E-state index in [2.05, 4.69) is 25.9 Å². The maximum Gasteiger partial charge on any atom is 0.407 e. The third-order valence-electron chi connectivity index (χ3n) is 5.40. The number of pyridine rings is 1. The normalized spacial score (nSPS) is 20.3. The second-order valence-corrected chi connectivity index (χ2v) is 9.51.